The van der Waals surface area contributed by atoms with Gasteiger partial charge < -0.3 is 10.4 Å². The summed E-state index contributed by atoms with van der Waals surface area (Å²) in [5, 5.41) is 12.0. The first-order valence-electron chi connectivity index (χ1n) is 6.42. The number of carbonyl (C=O) groups is 2. The number of carboxylic acids is 1. The monoisotopic (exact) mass is 291 g/mol. The molecule has 0 aliphatic heterocycles. The number of rotatable bonds is 8. The minimum absolute atomic E-state index is 0.0421. The van der Waals surface area contributed by atoms with Gasteiger partial charge >= 0.3 is 5.97 Å². The van der Waals surface area contributed by atoms with Crippen molar-refractivity contribution in [2.45, 2.75) is 46.6 Å². The summed E-state index contributed by atoms with van der Waals surface area (Å²) in [4.78, 5) is 23.2. The average Bonchev–Trinajstić information content (AvgIpc) is 2.25. The van der Waals surface area contributed by atoms with Gasteiger partial charge in [-0.2, -0.15) is 0 Å². The Kier molecular flexibility index (Phi) is 7.26. The highest BCUT2D eigenvalue weighted by Gasteiger charge is 2.38. The van der Waals surface area contributed by atoms with Crippen LogP contribution in [0.3, 0.4) is 0 Å². The molecule has 0 bridgehead atoms. The first-order valence-corrected chi connectivity index (χ1v) is 8.15. The van der Waals surface area contributed by atoms with E-state index in [0.29, 0.717) is 12.2 Å². The summed E-state index contributed by atoms with van der Waals surface area (Å²) < 4.78 is 11.0. The molecule has 5 nitrogen and oxygen atoms in total. The zero-order valence-corrected chi connectivity index (χ0v) is 13.2. The number of aliphatic carboxylic acids is 1. The second-order valence-electron chi connectivity index (χ2n) is 5.59. The summed E-state index contributed by atoms with van der Waals surface area (Å²) in [5.74, 6) is -0.830. The van der Waals surface area contributed by atoms with E-state index in [1.54, 1.807) is 27.0 Å². The molecule has 0 saturated carbocycles. The third-order valence-corrected chi connectivity index (χ3v) is 4.35. The van der Waals surface area contributed by atoms with Gasteiger partial charge in [0.1, 0.15) is 0 Å². The van der Waals surface area contributed by atoms with Crippen LogP contribution in [0.4, 0.5) is 0 Å². The van der Waals surface area contributed by atoms with Crippen LogP contribution in [0.1, 0.15) is 40.5 Å². The largest absolute Gasteiger partial charge is 0.481 e. The Morgan fingerprint density at radius 3 is 2.21 bits per heavy atom. The van der Waals surface area contributed by atoms with Crippen molar-refractivity contribution in [1.82, 2.24) is 5.32 Å². The van der Waals surface area contributed by atoms with Crippen molar-refractivity contribution < 1.29 is 18.9 Å². The van der Waals surface area contributed by atoms with Gasteiger partial charge in [0.25, 0.3) is 0 Å². The lowest BCUT2D eigenvalue weighted by Crippen LogP contribution is -2.41. The molecule has 0 aromatic rings. The summed E-state index contributed by atoms with van der Waals surface area (Å²) in [7, 11) is -0.880. The highest BCUT2D eigenvalue weighted by molar-refractivity contribution is 7.84. The van der Waals surface area contributed by atoms with E-state index in [-0.39, 0.29) is 24.3 Å². The number of hydrogen-bond donors (Lipinski definition) is 2. The number of carboxylic acid groups (broad SMARTS) is 1. The second-order valence-corrected chi connectivity index (χ2v) is 7.14. The van der Waals surface area contributed by atoms with Crippen molar-refractivity contribution in [1.29, 1.82) is 0 Å². The summed E-state index contributed by atoms with van der Waals surface area (Å²) in [5.41, 5.74) is -1.06. The van der Waals surface area contributed by atoms with E-state index in [0.717, 1.165) is 0 Å². The van der Waals surface area contributed by atoms with E-state index in [9.17, 15) is 18.9 Å². The van der Waals surface area contributed by atoms with E-state index in [2.05, 4.69) is 5.32 Å². The normalized spacial score (nSPS) is 17.6. The maximum absolute atomic E-state index is 11.9. The molecule has 0 aliphatic rings. The summed E-state index contributed by atoms with van der Waals surface area (Å²) >= 11 is 0. The van der Waals surface area contributed by atoms with Crippen LogP contribution in [0.5, 0.6) is 0 Å². The van der Waals surface area contributed by atoms with Crippen LogP contribution in [0.25, 0.3) is 0 Å². The highest BCUT2D eigenvalue weighted by atomic mass is 32.2. The highest BCUT2D eigenvalue weighted by Crippen LogP contribution is 2.31. The molecule has 0 radical (unpaired) electrons. The molecule has 6 heteroatoms. The molecule has 0 aromatic heterocycles. The molecule has 0 saturated heterocycles. The molecule has 3 atom stereocenters. The molecule has 0 rings (SSSR count). The summed E-state index contributed by atoms with van der Waals surface area (Å²) in [6.45, 7) is 7.01. The Bertz CT molecular complexity index is 357. The van der Waals surface area contributed by atoms with Gasteiger partial charge in [0.15, 0.2) is 0 Å². The number of carbonyl (C=O) groups excluding carboxylic acids is 1. The van der Waals surface area contributed by atoms with E-state index in [1.807, 2.05) is 6.92 Å². The van der Waals surface area contributed by atoms with Crippen LogP contribution in [0.15, 0.2) is 0 Å². The summed E-state index contributed by atoms with van der Waals surface area (Å²) in [6.07, 6.45) is 2.20. The van der Waals surface area contributed by atoms with Crippen LogP contribution in [0, 0.1) is 11.3 Å². The van der Waals surface area contributed by atoms with Gasteiger partial charge in [-0.25, -0.2) is 0 Å². The fourth-order valence-electron chi connectivity index (χ4n) is 1.60. The molecule has 112 valence electrons. The average molecular weight is 291 g/mol. The predicted octanol–water partition coefficient (Wildman–Crippen LogP) is 1.40. The minimum atomic E-state index is -1.06. The first kappa shape index (κ1) is 18.1. The molecular weight excluding hydrogens is 266 g/mol. The molecule has 0 heterocycles. The van der Waals surface area contributed by atoms with E-state index in [1.165, 1.54) is 0 Å². The Labute approximate surface area is 117 Å². The molecule has 19 heavy (non-hydrogen) atoms. The molecular formula is C13H25NO4S. The topological polar surface area (TPSA) is 83.5 Å². The molecule has 1 amide bonds. The Balaban J connectivity index is 4.44. The van der Waals surface area contributed by atoms with Crippen molar-refractivity contribution in [3.05, 3.63) is 0 Å². The third kappa shape index (κ3) is 6.18. The fourth-order valence-corrected chi connectivity index (χ4v) is 2.29. The zero-order chi connectivity index (χ0) is 15.2. The fraction of sp³-hybridized carbons (Fsp3) is 0.846. The van der Waals surface area contributed by atoms with Crippen LogP contribution < -0.4 is 5.32 Å². The molecule has 2 N–H and O–H groups in total. The van der Waals surface area contributed by atoms with E-state index >= 15 is 0 Å². The molecule has 0 aromatic carbocycles. The Hall–Kier alpha value is -0.910. The first-order chi connectivity index (χ1) is 8.59. The van der Waals surface area contributed by atoms with Gasteiger partial charge in [-0.05, 0) is 26.2 Å². The number of amides is 1. The van der Waals surface area contributed by atoms with Crippen molar-refractivity contribution in [3.8, 4) is 0 Å². The lowest BCUT2D eigenvalue weighted by atomic mass is 9.76. The number of nitrogens with one attached hydrogen (secondary N) is 1. The molecule has 0 spiro atoms. The lowest BCUT2D eigenvalue weighted by molar-refractivity contribution is -0.153. The molecule has 3 unspecified atom stereocenters. The SMILES string of the molecule is CC(CCS(C)=O)NC(=O)CC(C)(C(=O)O)C(C)C. The molecule has 0 fully saturated rings. The second kappa shape index (κ2) is 7.62. The van der Waals surface area contributed by atoms with E-state index in [4.69, 9.17) is 0 Å². The lowest BCUT2D eigenvalue weighted by Gasteiger charge is -2.29. The van der Waals surface area contributed by atoms with Gasteiger partial charge in [0, 0.05) is 35.3 Å². The van der Waals surface area contributed by atoms with Crippen LogP contribution in [-0.2, 0) is 20.4 Å². The van der Waals surface area contributed by atoms with Gasteiger partial charge in [0.05, 0.1) is 5.41 Å². The molecule has 0 aliphatic carbocycles. The Morgan fingerprint density at radius 1 is 1.32 bits per heavy atom. The quantitative estimate of drug-likeness (QED) is 0.708. The van der Waals surface area contributed by atoms with Crippen molar-refractivity contribution in [2.24, 2.45) is 11.3 Å². The maximum Gasteiger partial charge on any atom is 0.310 e. The summed E-state index contributed by atoms with van der Waals surface area (Å²) in [6, 6.07) is -0.0957. The van der Waals surface area contributed by atoms with Gasteiger partial charge in [-0.15, -0.1) is 0 Å². The van der Waals surface area contributed by atoms with Crippen molar-refractivity contribution in [2.75, 3.05) is 12.0 Å². The zero-order valence-electron chi connectivity index (χ0n) is 12.4. The van der Waals surface area contributed by atoms with Gasteiger partial charge in [-0.3, -0.25) is 13.8 Å². The van der Waals surface area contributed by atoms with E-state index < -0.39 is 22.2 Å². The third-order valence-electron chi connectivity index (χ3n) is 3.54. The van der Waals surface area contributed by atoms with Gasteiger partial charge in [-0.1, -0.05) is 13.8 Å². The van der Waals surface area contributed by atoms with Crippen molar-refractivity contribution >= 4 is 22.7 Å². The predicted molar refractivity (Wildman–Crippen MR) is 76.4 cm³/mol. The van der Waals surface area contributed by atoms with Gasteiger partial charge in [0.2, 0.25) is 5.91 Å². The standard InChI is InChI=1S/C13H25NO4S/c1-9(2)13(4,12(16)17)8-11(15)14-10(3)6-7-19(5)18/h9-10H,6-8H2,1-5H3,(H,14,15)(H,16,17). The maximum atomic E-state index is 11.9. The van der Waals surface area contributed by atoms with Crippen LogP contribution in [0.2, 0.25) is 0 Å². The number of hydrogen-bond acceptors (Lipinski definition) is 3. The Morgan fingerprint density at radius 2 is 1.84 bits per heavy atom. The van der Waals surface area contributed by atoms with Crippen LogP contribution >= 0.6 is 0 Å². The minimum Gasteiger partial charge on any atom is -0.481 e. The van der Waals surface area contributed by atoms with Crippen molar-refractivity contribution in [3.63, 3.8) is 0 Å². The smallest absolute Gasteiger partial charge is 0.310 e. The van der Waals surface area contributed by atoms with Crippen LogP contribution in [-0.4, -0.2) is 39.2 Å².